The predicted molar refractivity (Wildman–Crippen MR) is 56.3 cm³/mol. The van der Waals surface area contributed by atoms with Crippen molar-refractivity contribution < 1.29 is 13.6 Å². The molecule has 0 spiro atoms. The third-order valence-corrected chi connectivity index (χ3v) is 2.79. The third kappa shape index (κ3) is 3.87. The molecule has 0 aliphatic rings. The summed E-state index contributed by atoms with van der Waals surface area (Å²) in [5.74, 6) is -1.18. The van der Waals surface area contributed by atoms with Gasteiger partial charge in [0, 0.05) is 23.5 Å². The number of nitrogens with two attached hydrogens (primary N) is 1. The van der Waals surface area contributed by atoms with E-state index in [4.69, 9.17) is 5.73 Å². The first kappa shape index (κ1) is 12.0. The second-order valence-corrected chi connectivity index (χ2v) is 4.09. The lowest BCUT2D eigenvalue weighted by atomic mass is 10.2. The highest BCUT2D eigenvalue weighted by molar-refractivity contribution is 7.98. The summed E-state index contributed by atoms with van der Waals surface area (Å²) in [4.78, 5) is 10.4. The standard InChI is InChI=1S/C10H11F2NOS/c11-8-3-1-2-7(10(8)12)6-15-5-4-9(13)14/h1-3H,4-6H2,(H2,13,14). The zero-order valence-corrected chi connectivity index (χ0v) is 8.82. The van der Waals surface area contributed by atoms with E-state index in [2.05, 4.69) is 0 Å². The molecule has 82 valence electrons. The van der Waals surface area contributed by atoms with E-state index in [1.54, 1.807) is 0 Å². The van der Waals surface area contributed by atoms with E-state index >= 15 is 0 Å². The van der Waals surface area contributed by atoms with Gasteiger partial charge in [0.1, 0.15) is 0 Å². The Balaban J connectivity index is 2.44. The van der Waals surface area contributed by atoms with E-state index in [1.807, 2.05) is 0 Å². The Hall–Kier alpha value is -1.10. The highest BCUT2D eigenvalue weighted by atomic mass is 32.2. The number of hydrogen-bond acceptors (Lipinski definition) is 2. The highest BCUT2D eigenvalue weighted by Gasteiger charge is 2.07. The number of carbonyl (C=O) groups excluding carboxylic acids is 1. The van der Waals surface area contributed by atoms with E-state index in [9.17, 15) is 13.6 Å². The molecule has 0 radical (unpaired) electrons. The van der Waals surface area contributed by atoms with Gasteiger partial charge in [0.15, 0.2) is 11.6 Å². The van der Waals surface area contributed by atoms with Crippen molar-refractivity contribution in [3.63, 3.8) is 0 Å². The van der Waals surface area contributed by atoms with Crippen molar-refractivity contribution >= 4 is 17.7 Å². The zero-order chi connectivity index (χ0) is 11.3. The van der Waals surface area contributed by atoms with Gasteiger partial charge in [-0.25, -0.2) is 8.78 Å². The van der Waals surface area contributed by atoms with Crippen LogP contribution in [0, 0.1) is 11.6 Å². The van der Waals surface area contributed by atoms with Crippen molar-refractivity contribution in [3.05, 3.63) is 35.4 Å². The van der Waals surface area contributed by atoms with Crippen molar-refractivity contribution in [2.45, 2.75) is 12.2 Å². The van der Waals surface area contributed by atoms with Gasteiger partial charge in [-0.1, -0.05) is 12.1 Å². The fourth-order valence-corrected chi connectivity index (χ4v) is 1.95. The molecule has 0 bridgehead atoms. The van der Waals surface area contributed by atoms with Gasteiger partial charge in [0.05, 0.1) is 0 Å². The molecule has 2 N–H and O–H groups in total. The van der Waals surface area contributed by atoms with E-state index in [0.29, 0.717) is 17.1 Å². The van der Waals surface area contributed by atoms with Crippen molar-refractivity contribution in [3.8, 4) is 0 Å². The van der Waals surface area contributed by atoms with E-state index < -0.39 is 11.6 Å². The van der Waals surface area contributed by atoms with E-state index in [0.717, 1.165) is 6.07 Å². The first-order chi connectivity index (χ1) is 7.11. The molecule has 0 aromatic heterocycles. The zero-order valence-electron chi connectivity index (χ0n) is 8.00. The maximum absolute atomic E-state index is 13.1. The molecule has 1 rings (SSSR count). The Kier molecular flexibility index (Phi) is 4.55. The van der Waals surface area contributed by atoms with Crippen LogP contribution >= 0.6 is 11.8 Å². The van der Waals surface area contributed by atoms with E-state index in [1.165, 1.54) is 23.9 Å². The lowest BCUT2D eigenvalue weighted by Crippen LogP contribution is -2.11. The van der Waals surface area contributed by atoms with Crippen LogP contribution in [0.1, 0.15) is 12.0 Å². The number of thioether (sulfide) groups is 1. The maximum atomic E-state index is 13.1. The predicted octanol–water partition coefficient (Wildman–Crippen LogP) is 2.07. The second kappa shape index (κ2) is 5.70. The van der Waals surface area contributed by atoms with Crippen LogP contribution in [0.15, 0.2) is 18.2 Å². The maximum Gasteiger partial charge on any atom is 0.218 e. The smallest absolute Gasteiger partial charge is 0.218 e. The summed E-state index contributed by atoms with van der Waals surface area (Å²) < 4.78 is 25.9. The molecular formula is C10H11F2NOS. The second-order valence-electron chi connectivity index (χ2n) is 2.98. The fraction of sp³-hybridized carbons (Fsp3) is 0.300. The first-order valence-electron chi connectivity index (χ1n) is 4.40. The molecule has 0 saturated carbocycles. The lowest BCUT2D eigenvalue weighted by Gasteiger charge is -2.02. The van der Waals surface area contributed by atoms with Crippen LogP contribution in [0.2, 0.25) is 0 Å². The van der Waals surface area contributed by atoms with Gasteiger partial charge in [0.25, 0.3) is 0 Å². The Morgan fingerprint density at radius 3 is 2.80 bits per heavy atom. The number of carbonyl (C=O) groups is 1. The number of halogens is 2. The molecule has 0 heterocycles. The highest BCUT2D eigenvalue weighted by Crippen LogP contribution is 2.18. The summed E-state index contributed by atoms with van der Waals surface area (Å²) in [5.41, 5.74) is 5.25. The Morgan fingerprint density at radius 1 is 1.40 bits per heavy atom. The molecule has 2 nitrogen and oxygen atoms in total. The summed E-state index contributed by atoms with van der Waals surface area (Å²) in [7, 11) is 0. The van der Waals surface area contributed by atoms with Crippen LogP contribution in [0.3, 0.4) is 0 Å². The number of amides is 1. The lowest BCUT2D eigenvalue weighted by molar-refractivity contribution is -0.117. The Morgan fingerprint density at radius 2 is 2.13 bits per heavy atom. The average molecular weight is 231 g/mol. The van der Waals surface area contributed by atoms with Crippen LogP contribution in [-0.4, -0.2) is 11.7 Å². The molecule has 0 atom stereocenters. The molecule has 0 fully saturated rings. The molecule has 0 saturated heterocycles. The minimum atomic E-state index is -0.844. The molecule has 0 aliphatic carbocycles. The van der Waals surface area contributed by atoms with Gasteiger partial charge in [-0.2, -0.15) is 11.8 Å². The average Bonchev–Trinajstić information content (AvgIpc) is 2.18. The monoisotopic (exact) mass is 231 g/mol. The van der Waals surface area contributed by atoms with Crippen molar-refractivity contribution in [2.75, 3.05) is 5.75 Å². The molecule has 1 aromatic carbocycles. The molecule has 0 aliphatic heterocycles. The molecule has 1 amide bonds. The van der Waals surface area contributed by atoms with Crippen LogP contribution in [0.5, 0.6) is 0 Å². The minimum absolute atomic E-state index is 0.252. The van der Waals surface area contributed by atoms with Crippen molar-refractivity contribution in [1.29, 1.82) is 0 Å². The number of hydrogen-bond donors (Lipinski definition) is 1. The minimum Gasteiger partial charge on any atom is -0.370 e. The number of rotatable bonds is 5. The van der Waals surface area contributed by atoms with E-state index in [-0.39, 0.29) is 12.3 Å². The van der Waals surface area contributed by atoms with Gasteiger partial charge >= 0.3 is 0 Å². The van der Waals surface area contributed by atoms with Crippen LogP contribution in [0.25, 0.3) is 0 Å². The van der Waals surface area contributed by atoms with Gasteiger partial charge in [0.2, 0.25) is 5.91 Å². The van der Waals surface area contributed by atoms with Gasteiger partial charge < -0.3 is 5.73 Å². The van der Waals surface area contributed by atoms with Crippen LogP contribution in [0.4, 0.5) is 8.78 Å². The quantitative estimate of drug-likeness (QED) is 0.788. The summed E-state index contributed by atoms with van der Waals surface area (Å²) in [6, 6.07) is 4.06. The normalized spacial score (nSPS) is 10.3. The Labute approximate surface area is 90.8 Å². The SMILES string of the molecule is NC(=O)CCSCc1cccc(F)c1F. The molecule has 0 unspecified atom stereocenters. The third-order valence-electron chi connectivity index (χ3n) is 1.78. The number of primary amides is 1. The van der Waals surface area contributed by atoms with Gasteiger partial charge in [-0.05, 0) is 6.07 Å². The Bertz CT molecular complexity index is 357. The summed E-state index contributed by atoms with van der Waals surface area (Å²) in [6.45, 7) is 0. The van der Waals surface area contributed by atoms with Crippen LogP contribution < -0.4 is 5.73 Å². The van der Waals surface area contributed by atoms with Gasteiger partial charge in [-0.3, -0.25) is 4.79 Å². The first-order valence-corrected chi connectivity index (χ1v) is 5.55. The van der Waals surface area contributed by atoms with Gasteiger partial charge in [-0.15, -0.1) is 0 Å². The number of benzene rings is 1. The van der Waals surface area contributed by atoms with Crippen molar-refractivity contribution in [1.82, 2.24) is 0 Å². The molecule has 15 heavy (non-hydrogen) atoms. The molecule has 1 aromatic rings. The summed E-state index contributed by atoms with van der Waals surface area (Å²) >= 11 is 1.35. The van der Waals surface area contributed by atoms with Crippen LogP contribution in [-0.2, 0) is 10.5 Å². The molecule has 5 heteroatoms. The summed E-state index contributed by atoms with van der Waals surface area (Å²) in [5, 5.41) is 0. The molecular weight excluding hydrogens is 220 g/mol. The summed E-state index contributed by atoms with van der Waals surface area (Å²) in [6.07, 6.45) is 0.252. The largest absolute Gasteiger partial charge is 0.370 e. The fourth-order valence-electron chi connectivity index (χ4n) is 1.01. The van der Waals surface area contributed by atoms with Crippen molar-refractivity contribution in [2.24, 2.45) is 5.73 Å². The topological polar surface area (TPSA) is 43.1 Å².